The number of nitrogens with one attached hydrogen (secondary N) is 1. The summed E-state index contributed by atoms with van der Waals surface area (Å²) in [5, 5.41) is 3.53. The molecule has 3 rings (SSSR count). The predicted molar refractivity (Wildman–Crippen MR) is 90.2 cm³/mol. The van der Waals surface area contributed by atoms with Crippen LogP contribution in [-0.2, 0) is 6.54 Å². The third kappa shape index (κ3) is 4.90. The minimum Gasteiger partial charge on any atom is -0.492 e. The van der Waals surface area contributed by atoms with Gasteiger partial charge in [-0.2, -0.15) is 11.8 Å². The summed E-state index contributed by atoms with van der Waals surface area (Å²) in [6.07, 6.45) is 2.68. The molecule has 0 radical (unpaired) electrons. The van der Waals surface area contributed by atoms with Gasteiger partial charge in [-0.25, -0.2) is 0 Å². The first-order valence-electron chi connectivity index (χ1n) is 8.08. The van der Waals surface area contributed by atoms with Crippen LogP contribution in [0.15, 0.2) is 24.3 Å². The summed E-state index contributed by atoms with van der Waals surface area (Å²) in [5.74, 6) is 3.50. The largest absolute Gasteiger partial charge is 0.492 e. The van der Waals surface area contributed by atoms with E-state index in [9.17, 15) is 0 Å². The number of rotatable bonds is 7. The Morgan fingerprint density at radius 3 is 2.81 bits per heavy atom. The summed E-state index contributed by atoms with van der Waals surface area (Å²) in [6, 6.07) is 9.99. The topological polar surface area (TPSA) is 24.5 Å². The van der Waals surface area contributed by atoms with Crippen molar-refractivity contribution in [1.29, 1.82) is 0 Å². The van der Waals surface area contributed by atoms with Crippen LogP contribution >= 0.6 is 11.8 Å². The van der Waals surface area contributed by atoms with Crippen LogP contribution in [0.1, 0.15) is 25.3 Å². The molecule has 4 heteroatoms. The lowest BCUT2D eigenvalue weighted by atomic mass is 10.2. The van der Waals surface area contributed by atoms with Gasteiger partial charge >= 0.3 is 0 Å². The van der Waals surface area contributed by atoms with Gasteiger partial charge in [0, 0.05) is 43.2 Å². The highest BCUT2D eigenvalue weighted by molar-refractivity contribution is 7.99. The third-order valence-electron chi connectivity index (χ3n) is 4.25. The molecule has 1 aromatic carbocycles. The van der Waals surface area contributed by atoms with Gasteiger partial charge in [-0.3, -0.25) is 4.90 Å². The summed E-state index contributed by atoms with van der Waals surface area (Å²) in [6.45, 7) is 6.31. The quantitative estimate of drug-likeness (QED) is 0.837. The molecule has 1 aliphatic carbocycles. The Hall–Kier alpha value is -0.710. The van der Waals surface area contributed by atoms with Crippen molar-refractivity contribution in [3.63, 3.8) is 0 Å². The van der Waals surface area contributed by atoms with Gasteiger partial charge in [0.2, 0.25) is 0 Å². The molecule has 0 bridgehead atoms. The molecule has 1 saturated heterocycles. The Balaban J connectivity index is 1.38. The van der Waals surface area contributed by atoms with Gasteiger partial charge in [0.1, 0.15) is 12.4 Å². The Morgan fingerprint density at radius 2 is 2.10 bits per heavy atom. The fourth-order valence-corrected chi connectivity index (χ4v) is 3.71. The Morgan fingerprint density at radius 1 is 1.29 bits per heavy atom. The molecular weight excluding hydrogens is 280 g/mol. The molecule has 0 spiro atoms. The third-order valence-corrected chi connectivity index (χ3v) is 5.44. The SMILES string of the molecule is CC1CSCCN1CCOc1ccc(CNC2CC2)cc1. The molecule has 1 aliphatic heterocycles. The van der Waals surface area contributed by atoms with E-state index in [1.807, 2.05) is 0 Å². The molecule has 2 aliphatic rings. The second-order valence-electron chi connectivity index (χ2n) is 6.11. The molecule has 1 atom stereocenters. The maximum Gasteiger partial charge on any atom is 0.119 e. The Kier molecular flexibility index (Phi) is 5.44. The second kappa shape index (κ2) is 7.52. The minimum absolute atomic E-state index is 0.684. The van der Waals surface area contributed by atoms with Gasteiger partial charge in [0.25, 0.3) is 0 Å². The molecule has 1 unspecified atom stereocenters. The van der Waals surface area contributed by atoms with Crippen LogP contribution in [0.3, 0.4) is 0 Å². The highest BCUT2D eigenvalue weighted by Crippen LogP contribution is 2.20. The van der Waals surface area contributed by atoms with E-state index in [1.165, 1.54) is 36.5 Å². The maximum atomic E-state index is 5.88. The van der Waals surface area contributed by atoms with E-state index in [4.69, 9.17) is 4.74 Å². The molecular formula is C17H26N2OS. The van der Waals surface area contributed by atoms with Crippen molar-refractivity contribution < 1.29 is 4.74 Å². The van der Waals surface area contributed by atoms with Crippen LogP contribution in [0.4, 0.5) is 0 Å². The zero-order valence-corrected chi connectivity index (χ0v) is 13.7. The van der Waals surface area contributed by atoms with Crippen LogP contribution in [0.5, 0.6) is 5.75 Å². The number of hydrogen-bond acceptors (Lipinski definition) is 4. The second-order valence-corrected chi connectivity index (χ2v) is 7.26. The zero-order valence-electron chi connectivity index (χ0n) is 12.9. The fraction of sp³-hybridized carbons (Fsp3) is 0.647. The highest BCUT2D eigenvalue weighted by Gasteiger charge is 2.20. The normalized spacial score (nSPS) is 23.2. The van der Waals surface area contributed by atoms with E-state index < -0.39 is 0 Å². The smallest absolute Gasteiger partial charge is 0.119 e. The van der Waals surface area contributed by atoms with Crippen LogP contribution < -0.4 is 10.1 Å². The van der Waals surface area contributed by atoms with Gasteiger partial charge in [-0.1, -0.05) is 12.1 Å². The molecule has 116 valence electrons. The molecule has 1 aromatic rings. The van der Waals surface area contributed by atoms with Crippen LogP contribution in [0.2, 0.25) is 0 Å². The number of thioether (sulfide) groups is 1. The average molecular weight is 306 g/mol. The van der Waals surface area contributed by atoms with Gasteiger partial charge in [0.05, 0.1) is 0 Å². The molecule has 0 aromatic heterocycles. The van der Waals surface area contributed by atoms with E-state index >= 15 is 0 Å². The minimum atomic E-state index is 0.684. The van der Waals surface area contributed by atoms with E-state index in [1.54, 1.807) is 0 Å². The Labute approximate surface area is 132 Å². The molecule has 0 amide bonds. The molecule has 2 fully saturated rings. The highest BCUT2D eigenvalue weighted by atomic mass is 32.2. The number of hydrogen-bond donors (Lipinski definition) is 1. The standard InChI is InChI=1S/C17H26N2OS/c1-14-13-21-11-9-19(14)8-10-20-17-6-2-15(3-7-17)12-18-16-4-5-16/h2-3,6-7,14,16,18H,4-5,8-13H2,1H3. The number of ether oxygens (including phenoxy) is 1. The van der Waals surface area contributed by atoms with E-state index in [0.717, 1.165) is 31.5 Å². The molecule has 21 heavy (non-hydrogen) atoms. The lowest BCUT2D eigenvalue weighted by Crippen LogP contribution is -2.42. The number of nitrogens with zero attached hydrogens (tertiary/aromatic N) is 1. The van der Waals surface area contributed by atoms with E-state index in [0.29, 0.717) is 6.04 Å². The summed E-state index contributed by atoms with van der Waals surface area (Å²) >= 11 is 2.06. The molecule has 3 nitrogen and oxygen atoms in total. The van der Waals surface area contributed by atoms with Crippen molar-refractivity contribution >= 4 is 11.8 Å². The summed E-state index contributed by atoms with van der Waals surface area (Å²) in [7, 11) is 0. The number of benzene rings is 1. The molecule has 1 saturated carbocycles. The van der Waals surface area contributed by atoms with Gasteiger partial charge in [0.15, 0.2) is 0 Å². The van der Waals surface area contributed by atoms with Crippen molar-refractivity contribution in [3.05, 3.63) is 29.8 Å². The summed E-state index contributed by atoms with van der Waals surface area (Å²) in [5.41, 5.74) is 1.34. The van der Waals surface area contributed by atoms with Crippen LogP contribution in [0.25, 0.3) is 0 Å². The monoisotopic (exact) mass is 306 g/mol. The summed E-state index contributed by atoms with van der Waals surface area (Å²) < 4.78 is 5.88. The van der Waals surface area contributed by atoms with Crippen molar-refractivity contribution in [2.24, 2.45) is 0 Å². The van der Waals surface area contributed by atoms with Crippen LogP contribution in [0, 0.1) is 0 Å². The van der Waals surface area contributed by atoms with Crippen molar-refractivity contribution in [1.82, 2.24) is 10.2 Å². The van der Waals surface area contributed by atoms with Crippen molar-refractivity contribution in [2.75, 3.05) is 31.2 Å². The maximum absolute atomic E-state index is 5.88. The van der Waals surface area contributed by atoms with Crippen molar-refractivity contribution in [3.8, 4) is 5.75 Å². The summed E-state index contributed by atoms with van der Waals surface area (Å²) in [4.78, 5) is 2.53. The lowest BCUT2D eigenvalue weighted by molar-refractivity contribution is 0.183. The molecule has 1 heterocycles. The van der Waals surface area contributed by atoms with Crippen molar-refractivity contribution in [2.45, 2.75) is 38.4 Å². The van der Waals surface area contributed by atoms with Gasteiger partial charge in [-0.05, 0) is 37.5 Å². The average Bonchev–Trinajstić information content (AvgIpc) is 3.33. The fourth-order valence-electron chi connectivity index (χ4n) is 2.63. The van der Waals surface area contributed by atoms with Gasteiger partial charge in [-0.15, -0.1) is 0 Å². The molecule has 1 N–H and O–H groups in total. The Bertz CT molecular complexity index is 433. The first-order chi connectivity index (χ1) is 10.3. The van der Waals surface area contributed by atoms with E-state index in [-0.39, 0.29) is 0 Å². The van der Waals surface area contributed by atoms with Gasteiger partial charge < -0.3 is 10.1 Å². The van der Waals surface area contributed by atoms with Crippen LogP contribution in [-0.4, -0.2) is 48.2 Å². The lowest BCUT2D eigenvalue weighted by Gasteiger charge is -2.32. The zero-order chi connectivity index (χ0) is 14.5. The first-order valence-corrected chi connectivity index (χ1v) is 9.23. The van der Waals surface area contributed by atoms with E-state index in [2.05, 4.69) is 53.2 Å². The predicted octanol–water partition coefficient (Wildman–Crippen LogP) is 2.75. The first kappa shape index (κ1) is 15.2.